The Morgan fingerprint density at radius 2 is 1.96 bits per heavy atom. The van der Waals surface area contributed by atoms with Crippen molar-refractivity contribution in [2.24, 2.45) is 0 Å². The highest BCUT2D eigenvalue weighted by atomic mass is 16.5. The fourth-order valence-corrected chi connectivity index (χ4v) is 3.27. The maximum atomic E-state index is 11.2. The van der Waals surface area contributed by atoms with Crippen molar-refractivity contribution in [2.75, 3.05) is 6.61 Å². The average molecular weight is 352 g/mol. The summed E-state index contributed by atoms with van der Waals surface area (Å²) in [5.74, 6) is 0.918. The Kier molecular flexibility index (Phi) is 5.26. The monoisotopic (exact) mass is 352 g/mol. The van der Waals surface area contributed by atoms with E-state index >= 15 is 0 Å². The Balaban J connectivity index is 1.99. The Morgan fingerprint density at radius 3 is 2.62 bits per heavy atom. The van der Waals surface area contributed by atoms with Crippen molar-refractivity contribution in [3.63, 3.8) is 0 Å². The first-order chi connectivity index (χ1) is 12.5. The number of benzene rings is 2. The molecule has 1 N–H and O–H groups in total. The summed E-state index contributed by atoms with van der Waals surface area (Å²) >= 11 is 0. The van der Waals surface area contributed by atoms with Gasteiger partial charge in [-0.1, -0.05) is 18.2 Å². The van der Waals surface area contributed by atoms with Crippen LogP contribution in [0.3, 0.4) is 0 Å². The molecule has 26 heavy (non-hydrogen) atoms. The number of carboxylic acid groups (broad SMARTS) is 1. The second kappa shape index (κ2) is 7.60. The number of fused-ring (bicyclic) bond motifs is 1. The van der Waals surface area contributed by atoms with Crippen LogP contribution in [-0.2, 0) is 11.2 Å². The molecule has 0 radical (unpaired) electrons. The first-order valence-electron chi connectivity index (χ1n) is 8.89. The fourth-order valence-electron chi connectivity index (χ4n) is 3.27. The van der Waals surface area contributed by atoms with E-state index < -0.39 is 5.97 Å². The smallest absolute Gasteiger partial charge is 0.305 e. The molecule has 1 heterocycles. The van der Waals surface area contributed by atoms with Gasteiger partial charge < -0.3 is 14.4 Å². The van der Waals surface area contributed by atoms with Gasteiger partial charge in [0.05, 0.1) is 24.1 Å². The largest absolute Gasteiger partial charge is 0.494 e. The van der Waals surface area contributed by atoms with Gasteiger partial charge in [0, 0.05) is 12.5 Å². The molecule has 1 aromatic heterocycles. The summed E-state index contributed by atoms with van der Waals surface area (Å²) < 4.78 is 7.55. The number of carboxylic acids is 1. The fraction of sp³-hybridized carbons (Fsp3) is 0.333. The summed E-state index contributed by atoms with van der Waals surface area (Å²) in [4.78, 5) is 16.0. The van der Waals surface area contributed by atoms with Gasteiger partial charge in [-0.15, -0.1) is 0 Å². The molecule has 0 bridgehead atoms. The van der Waals surface area contributed by atoms with E-state index in [1.165, 1.54) is 0 Å². The summed E-state index contributed by atoms with van der Waals surface area (Å²) in [5, 5.41) is 9.21. The molecule has 1 unspecified atom stereocenters. The van der Waals surface area contributed by atoms with Gasteiger partial charge >= 0.3 is 5.97 Å². The zero-order valence-corrected chi connectivity index (χ0v) is 15.4. The van der Waals surface area contributed by atoms with E-state index in [1.807, 2.05) is 63.2 Å². The van der Waals surface area contributed by atoms with Crippen LogP contribution in [0.25, 0.3) is 11.0 Å². The number of aromatic nitrogens is 2. The Morgan fingerprint density at radius 1 is 1.23 bits per heavy atom. The Hall–Kier alpha value is -2.82. The number of aryl methyl sites for hydroxylation is 1. The second-order valence-corrected chi connectivity index (χ2v) is 6.59. The maximum Gasteiger partial charge on any atom is 0.305 e. The molecule has 0 aliphatic rings. The third kappa shape index (κ3) is 3.87. The molecule has 2 aromatic carbocycles. The minimum absolute atomic E-state index is 0.0651. The van der Waals surface area contributed by atoms with Crippen LogP contribution in [0.5, 0.6) is 5.75 Å². The third-order valence-electron chi connectivity index (χ3n) is 4.43. The van der Waals surface area contributed by atoms with Gasteiger partial charge in [-0.05, 0) is 56.2 Å². The normalized spacial score (nSPS) is 12.3. The first-order valence-corrected chi connectivity index (χ1v) is 8.89. The lowest BCUT2D eigenvalue weighted by Gasteiger charge is -2.16. The number of imidazole rings is 1. The molecule has 1 atom stereocenters. The van der Waals surface area contributed by atoms with Crippen LogP contribution < -0.4 is 4.74 Å². The highest BCUT2D eigenvalue weighted by molar-refractivity contribution is 5.77. The van der Waals surface area contributed by atoms with Gasteiger partial charge in [0.15, 0.2) is 0 Å². The van der Waals surface area contributed by atoms with Crippen LogP contribution in [0, 0.1) is 6.92 Å². The van der Waals surface area contributed by atoms with Crippen molar-refractivity contribution in [2.45, 2.75) is 39.7 Å². The van der Waals surface area contributed by atoms with E-state index in [4.69, 9.17) is 9.72 Å². The molecule has 0 saturated heterocycles. The number of carbonyl (C=O) groups is 1. The SMILES string of the molecule is CCOc1ccc(Cc2nc3cc(C)ccc3n2C(C)CC(=O)O)cc1. The topological polar surface area (TPSA) is 64.4 Å². The number of nitrogens with zero attached hydrogens (tertiary/aromatic N) is 2. The van der Waals surface area contributed by atoms with E-state index in [0.717, 1.165) is 33.7 Å². The zero-order valence-electron chi connectivity index (χ0n) is 15.4. The van der Waals surface area contributed by atoms with E-state index in [-0.39, 0.29) is 12.5 Å². The average Bonchev–Trinajstić information content (AvgIpc) is 2.93. The van der Waals surface area contributed by atoms with E-state index in [0.29, 0.717) is 13.0 Å². The molecular formula is C21H24N2O3. The van der Waals surface area contributed by atoms with Crippen LogP contribution in [0.4, 0.5) is 0 Å². The van der Waals surface area contributed by atoms with Gasteiger partial charge in [-0.3, -0.25) is 4.79 Å². The molecular weight excluding hydrogens is 328 g/mol. The minimum Gasteiger partial charge on any atom is -0.494 e. The van der Waals surface area contributed by atoms with Crippen molar-refractivity contribution < 1.29 is 14.6 Å². The molecule has 0 spiro atoms. The molecule has 136 valence electrons. The predicted octanol–water partition coefficient (Wildman–Crippen LogP) is 4.37. The number of ether oxygens (including phenoxy) is 1. The second-order valence-electron chi connectivity index (χ2n) is 6.59. The molecule has 3 rings (SSSR count). The van der Waals surface area contributed by atoms with Crippen molar-refractivity contribution in [3.05, 3.63) is 59.4 Å². The number of aliphatic carboxylic acids is 1. The third-order valence-corrected chi connectivity index (χ3v) is 4.43. The lowest BCUT2D eigenvalue weighted by molar-refractivity contribution is -0.137. The standard InChI is InChI=1S/C21H24N2O3/c1-4-26-17-8-6-16(7-9-17)13-20-22-18-11-14(2)5-10-19(18)23(20)15(3)12-21(24)25/h5-11,15H,4,12-13H2,1-3H3,(H,24,25). The van der Waals surface area contributed by atoms with Crippen LogP contribution in [-0.4, -0.2) is 27.2 Å². The van der Waals surface area contributed by atoms with Gasteiger partial charge in [-0.25, -0.2) is 4.98 Å². The van der Waals surface area contributed by atoms with Gasteiger partial charge in [0.1, 0.15) is 11.6 Å². The van der Waals surface area contributed by atoms with Crippen LogP contribution in [0.2, 0.25) is 0 Å². The molecule has 0 fully saturated rings. The maximum absolute atomic E-state index is 11.2. The van der Waals surface area contributed by atoms with E-state index in [2.05, 4.69) is 4.57 Å². The summed E-state index contributed by atoms with van der Waals surface area (Å²) in [6, 6.07) is 13.9. The van der Waals surface area contributed by atoms with Crippen LogP contribution in [0.15, 0.2) is 42.5 Å². The molecule has 5 nitrogen and oxygen atoms in total. The minimum atomic E-state index is -0.807. The highest BCUT2D eigenvalue weighted by Gasteiger charge is 2.18. The molecule has 0 amide bonds. The molecule has 0 aliphatic carbocycles. The highest BCUT2D eigenvalue weighted by Crippen LogP contribution is 2.26. The molecule has 3 aromatic rings. The first kappa shape index (κ1) is 18.0. The Labute approximate surface area is 153 Å². The van der Waals surface area contributed by atoms with Crippen LogP contribution >= 0.6 is 0 Å². The zero-order chi connectivity index (χ0) is 18.7. The lowest BCUT2D eigenvalue weighted by atomic mass is 10.1. The van der Waals surface area contributed by atoms with Crippen molar-refractivity contribution in [3.8, 4) is 5.75 Å². The number of hydrogen-bond donors (Lipinski definition) is 1. The summed E-state index contributed by atoms with van der Waals surface area (Å²) in [5.41, 5.74) is 4.14. The Bertz CT molecular complexity index is 913. The van der Waals surface area contributed by atoms with E-state index in [1.54, 1.807) is 0 Å². The molecule has 5 heteroatoms. The van der Waals surface area contributed by atoms with Gasteiger partial charge in [-0.2, -0.15) is 0 Å². The summed E-state index contributed by atoms with van der Waals surface area (Å²) in [7, 11) is 0. The lowest BCUT2D eigenvalue weighted by Crippen LogP contribution is -2.13. The summed E-state index contributed by atoms with van der Waals surface area (Å²) in [6.45, 7) is 6.56. The summed E-state index contributed by atoms with van der Waals surface area (Å²) in [6.07, 6.45) is 0.708. The van der Waals surface area contributed by atoms with Crippen molar-refractivity contribution in [1.82, 2.24) is 9.55 Å². The number of rotatable bonds is 7. The van der Waals surface area contributed by atoms with Gasteiger partial charge in [0.25, 0.3) is 0 Å². The molecule has 0 aliphatic heterocycles. The van der Waals surface area contributed by atoms with Gasteiger partial charge in [0.2, 0.25) is 0 Å². The number of hydrogen-bond acceptors (Lipinski definition) is 3. The quantitative estimate of drug-likeness (QED) is 0.686. The van der Waals surface area contributed by atoms with Crippen molar-refractivity contribution in [1.29, 1.82) is 0 Å². The van der Waals surface area contributed by atoms with E-state index in [9.17, 15) is 9.90 Å². The van der Waals surface area contributed by atoms with Crippen LogP contribution in [0.1, 0.15) is 43.3 Å². The predicted molar refractivity (Wildman–Crippen MR) is 102 cm³/mol. The van der Waals surface area contributed by atoms with Crippen molar-refractivity contribution >= 4 is 17.0 Å². The molecule has 0 saturated carbocycles.